The molecule has 186 valence electrons. The molecule has 0 aliphatic carbocycles. The number of anilines is 1. The van der Waals surface area contributed by atoms with Gasteiger partial charge in [0.25, 0.3) is 5.56 Å². The van der Waals surface area contributed by atoms with Crippen molar-refractivity contribution in [2.24, 2.45) is 14.1 Å². The lowest BCUT2D eigenvalue weighted by Crippen LogP contribution is -2.39. The average Bonchev–Trinajstić information content (AvgIpc) is 3.62. The maximum absolute atomic E-state index is 13.6. The topological polar surface area (TPSA) is 113 Å². The van der Waals surface area contributed by atoms with Gasteiger partial charge in [-0.3, -0.25) is 23.6 Å². The number of halogens is 1. The maximum Gasteiger partial charge on any atom is 0.332 e. The first-order chi connectivity index (χ1) is 17.3. The predicted molar refractivity (Wildman–Crippen MR) is 139 cm³/mol. The van der Waals surface area contributed by atoms with E-state index < -0.39 is 11.2 Å². The molecular formula is C23H23ClN8O3S. The van der Waals surface area contributed by atoms with Crippen LogP contribution in [0.15, 0.2) is 46.8 Å². The first-order valence-corrected chi connectivity index (χ1v) is 12.4. The van der Waals surface area contributed by atoms with E-state index in [1.807, 2.05) is 29.8 Å². The largest absolute Gasteiger partial charge is 0.337 e. The summed E-state index contributed by atoms with van der Waals surface area (Å²) >= 11 is 7.70. The van der Waals surface area contributed by atoms with E-state index in [0.29, 0.717) is 29.7 Å². The summed E-state index contributed by atoms with van der Waals surface area (Å²) in [6, 6.07) is 3.72. The first-order valence-electron chi connectivity index (χ1n) is 11.2. The smallest absolute Gasteiger partial charge is 0.332 e. The monoisotopic (exact) mass is 526 g/mol. The van der Waals surface area contributed by atoms with Crippen LogP contribution < -0.4 is 16.1 Å². The number of benzene rings is 1. The fourth-order valence-electron chi connectivity index (χ4n) is 4.11. The summed E-state index contributed by atoms with van der Waals surface area (Å²) in [6.45, 7) is 2.85. The molecule has 0 aliphatic heterocycles. The molecule has 11 nitrogen and oxygen atoms in total. The fraction of sp³-hybridized carbons (Fsp3) is 0.304. The third-order valence-corrected chi connectivity index (χ3v) is 7.60. The minimum atomic E-state index is -0.504. The lowest BCUT2D eigenvalue weighted by Gasteiger charge is -2.20. The fourth-order valence-corrected chi connectivity index (χ4v) is 5.33. The van der Waals surface area contributed by atoms with Crippen LogP contribution in [0.25, 0.3) is 21.4 Å². The highest BCUT2D eigenvalue weighted by Crippen LogP contribution is 2.33. The third-order valence-electron chi connectivity index (χ3n) is 6.15. The van der Waals surface area contributed by atoms with Gasteiger partial charge in [-0.05, 0) is 31.0 Å². The number of thiazole rings is 1. The van der Waals surface area contributed by atoms with Gasteiger partial charge in [0.15, 0.2) is 16.3 Å². The molecule has 36 heavy (non-hydrogen) atoms. The zero-order valence-corrected chi connectivity index (χ0v) is 21.5. The van der Waals surface area contributed by atoms with Crippen molar-refractivity contribution in [2.75, 3.05) is 11.4 Å². The second-order valence-corrected chi connectivity index (χ2v) is 9.88. The van der Waals surface area contributed by atoms with Gasteiger partial charge in [-0.15, -0.1) is 0 Å². The van der Waals surface area contributed by atoms with E-state index >= 15 is 0 Å². The Morgan fingerprint density at radius 2 is 1.97 bits per heavy atom. The number of hydrogen-bond acceptors (Lipinski definition) is 7. The highest BCUT2D eigenvalue weighted by molar-refractivity contribution is 7.22. The van der Waals surface area contributed by atoms with E-state index in [4.69, 9.17) is 16.6 Å². The van der Waals surface area contributed by atoms with Gasteiger partial charge < -0.3 is 9.13 Å². The van der Waals surface area contributed by atoms with Crippen molar-refractivity contribution in [3.8, 4) is 0 Å². The molecule has 0 spiro atoms. The number of hydrogen-bond donors (Lipinski definition) is 0. The minimum absolute atomic E-state index is 0.134. The third kappa shape index (κ3) is 4.11. The summed E-state index contributed by atoms with van der Waals surface area (Å²) in [5.41, 5.74) is 1.05. The number of carbonyl (C=O) groups excluding carboxylic acids is 1. The molecule has 0 fully saturated rings. The highest BCUT2D eigenvalue weighted by Gasteiger charge is 2.23. The molecule has 0 bridgehead atoms. The Kier molecular flexibility index (Phi) is 6.22. The number of imidazole rings is 2. The summed E-state index contributed by atoms with van der Waals surface area (Å²) < 4.78 is 6.65. The van der Waals surface area contributed by atoms with Crippen LogP contribution in [0.3, 0.4) is 0 Å². The normalized spacial score (nSPS) is 11.6. The maximum atomic E-state index is 13.6. The van der Waals surface area contributed by atoms with Crippen LogP contribution in [-0.4, -0.2) is 45.7 Å². The van der Waals surface area contributed by atoms with E-state index in [-0.39, 0.29) is 23.6 Å². The molecule has 13 heteroatoms. The number of carbonyl (C=O) groups is 1. The average molecular weight is 527 g/mol. The van der Waals surface area contributed by atoms with Crippen molar-refractivity contribution in [3.63, 3.8) is 0 Å². The van der Waals surface area contributed by atoms with Crippen LogP contribution >= 0.6 is 22.9 Å². The standard InChI is InChI=1S/C23H23ClN8O3S/c1-14-15(24)5-6-16-18(14)27-22(36-16)32(9-4-8-30-10-7-25-12-30)17(33)11-31-13-26-20-19(31)21(34)29(3)23(35)28(20)2/h5-7,10,12-13H,4,8-9,11H2,1-3H3. The van der Waals surface area contributed by atoms with E-state index in [1.54, 1.807) is 24.5 Å². The molecule has 5 aromatic rings. The number of fused-ring (bicyclic) bond motifs is 2. The van der Waals surface area contributed by atoms with E-state index in [9.17, 15) is 14.4 Å². The molecule has 1 aromatic carbocycles. The molecular weight excluding hydrogens is 504 g/mol. The van der Waals surface area contributed by atoms with Crippen LogP contribution in [-0.2, 0) is 32.0 Å². The minimum Gasteiger partial charge on any atom is -0.337 e. The van der Waals surface area contributed by atoms with Crippen molar-refractivity contribution >= 4 is 55.4 Å². The quantitative estimate of drug-likeness (QED) is 0.321. The van der Waals surface area contributed by atoms with Crippen molar-refractivity contribution in [3.05, 3.63) is 68.6 Å². The molecule has 4 heterocycles. The molecule has 0 saturated carbocycles. The molecule has 5 rings (SSSR count). The van der Waals surface area contributed by atoms with E-state index in [2.05, 4.69) is 9.97 Å². The van der Waals surface area contributed by atoms with E-state index in [1.165, 1.54) is 33.8 Å². The zero-order chi connectivity index (χ0) is 25.6. The molecule has 0 N–H and O–H groups in total. The summed E-state index contributed by atoms with van der Waals surface area (Å²) in [7, 11) is 2.94. The lowest BCUT2D eigenvalue weighted by atomic mass is 10.2. The SMILES string of the molecule is Cc1c(Cl)ccc2sc(N(CCCn3ccnc3)C(=O)Cn3cnc4c3c(=O)n(C)c(=O)n4C)nc12. The summed E-state index contributed by atoms with van der Waals surface area (Å²) in [6.07, 6.45) is 7.38. The molecule has 0 aliphatic rings. The van der Waals surface area contributed by atoms with Crippen molar-refractivity contribution in [1.29, 1.82) is 0 Å². The molecule has 0 saturated heterocycles. The molecule has 1 amide bonds. The number of nitrogens with zero attached hydrogens (tertiary/aromatic N) is 8. The number of aromatic nitrogens is 7. The lowest BCUT2D eigenvalue weighted by molar-refractivity contribution is -0.119. The molecule has 0 unspecified atom stereocenters. The van der Waals surface area contributed by atoms with Gasteiger partial charge in [-0.1, -0.05) is 22.9 Å². The predicted octanol–water partition coefficient (Wildman–Crippen LogP) is 2.33. The van der Waals surface area contributed by atoms with Gasteiger partial charge in [0.05, 0.1) is 22.9 Å². The van der Waals surface area contributed by atoms with Gasteiger partial charge in [0.1, 0.15) is 6.54 Å². The number of aryl methyl sites for hydroxylation is 3. The molecule has 0 radical (unpaired) electrons. The Labute approximate surface area is 213 Å². The Bertz CT molecular complexity index is 1710. The van der Waals surface area contributed by atoms with Gasteiger partial charge in [-0.25, -0.2) is 19.7 Å². The summed E-state index contributed by atoms with van der Waals surface area (Å²) in [4.78, 5) is 53.4. The van der Waals surface area contributed by atoms with Crippen LogP contribution in [0.2, 0.25) is 5.02 Å². The van der Waals surface area contributed by atoms with Crippen LogP contribution in [0.5, 0.6) is 0 Å². The molecule has 0 atom stereocenters. The first kappa shape index (κ1) is 23.9. The van der Waals surface area contributed by atoms with Gasteiger partial charge in [0, 0.05) is 44.6 Å². The second kappa shape index (κ2) is 9.36. The van der Waals surface area contributed by atoms with Crippen LogP contribution in [0.1, 0.15) is 12.0 Å². The Morgan fingerprint density at radius 1 is 1.17 bits per heavy atom. The van der Waals surface area contributed by atoms with Crippen LogP contribution in [0, 0.1) is 6.92 Å². The number of rotatable bonds is 7. The number of amides is 1. The second-order valence-electron chi connectivity index (χ2n) is 8.47. The van der Waals surface area contributed by atoms with E-state index in [0.717, 1.165) is 20.3 Å². The van der Waals surface area contributed by atoms with Crippen molar-refractivity contribution < 1.29 is 4.79 Å². The summed E-state index contributed by atoms with van der Waals surface area (Å²) in [5.74, 6) is -0.251. The summed E-state index contributed by atoms with van der Waals surface area (Å²) in [5, 5.41) is 1.17. The molecule has 4 aromatic heterocycles. The zero-order valence-electron chi connectivity index (χ0n) is 19.9. The van der Waals surface area contributed by atoms with Crippen LogP contribution in [0.4, 0.5) is 5.13 Å². The Hall–Kier alpha value is -3.77. The van der Waals surface area contributed by atoms with Crippen molar-refractivity contribution in [2.45, 2.75) is 26.4 Å². The Morgan fingerprint density at radius 3 is 2.72 bits per heavy atom. The Balaban J connectivity index is 1.50. The van der Waals surface area contributed by atoms with Gasteiger partial charge in [0.2, 0.25) is 5.91 Å². The highest BCUT2D eigenvalue weighted by atomic mass is 35.5. The van der Waals surface area contributed by atoms with Gasteiger partial charge >= 0.3 is 5.69 Å². The van der Waals surface area contributed by atoms with Crippen molar-refractivity contribution in [1.82, 2.24) is 33.2 Å². The van der Waals surface area contributed by atoms with Gasteiger partial charge in [-0.2, -0.15) is 0 Å².